The van der Waals surface area contributed by atoms with Crippen LogP contribution in [0.4, 0.5) is 5.69 Å². The number of sulfonamides is 1. The first-order valence-corrected chi connectivity index (χ1v) is 8.72. The molecule has 3 N–H and O–H groups in total. The van der Waals surface area contributed by atoms with Crippen LogP contribution in [0.15, 0.2) is 27.6 Å². The molecule has 6 heteroatoms. The van der Waals surface area contributed by atoms with E-state index in [2.05, 4.69) is 27.6 Å². The Kier molecular flexibility index (Phi) is 4.53. The number of benzene rings is 1. The topological polar surface area (TPSA) is 72.2 Å². The lowest BCUT2D eigenvalue weighted by atomic mass is 9.99. The fraction of sp³-hybridized carbons (Fsp3) is 0.538. The van der Waals surface area contributed by atoms with Gasteiger partial charge >= 0.3 is 0 Å². The Labute approximate surface area is 122 Å². The largest absolute Gasteiger partial charge is 0.398 e. The number of nitrogens with one attached hydrogen (secondary N) is 1. The van der Waals surface area contributed by atoms with E-state index in [9.17, 15) is 8.42 Å². The highest BCUT2D eigenvalue weighted by molar-refractivity contribution is 9.10. The molecule has 0 radical (unpaired) electrons. The molecule has 0 saturated heterocycles. The van der Waals surface area contributed by atoms with Crippen LogP contribution in [-0.4, -0.2) is 15.0 Å². The SMILES string of the molecule is CC1CCCC1CNS(=O)(=O)c1ccc(Br)c(N)c1. The molecule has 1 saturated carbocycles. The first-order valence-electron chi connectivity index (χ1n) is 6.45. The van der Waals surface area contributed by atoms with E-state index in [-0.39, 0.29) is 4.90 Å². The summed E-state index contributed by atoms with van der Waals surface area (Å²) in [4.78, 5) is 0.221. The van der Waals surface area contributed by atoms with Crippen LogP contribution >= 0.6 is 15.9 Å². The molecule has 2 rings (SSSR count). The summed E-state index contributed by atoms with van der Waals surface area (Å²) in [6.07, 6.45) is 3.49. The molecule has 0 aliphatic heterocycles. The van der Waals surface area contributed by atoms with E-state index in [1.54, 1.807) is 12.1 Å². The second-order valence-corrected chi connectivity index (χ2v) is 7.82. The lowest BCUT2D eigenvalue weighted by Gasteiger charge is -2.16. The minimum Gasteiger partial charge on any atom is -0.398 e. The third-order valence-corrected chi connectivity index (χ3v) is 6.00. The zero-order chi connectivity index (χ0) is 14.0. The van der Waals surface area contributed by atoms with Gasteiger partial charge in [0, 0.05) is 16.7 Å². The quantitative estimate of drug-likeness (QED) is 0.823. The van der Waals surface area contributed by atoms with Gasteiger partial charge < -0.3 is 5.73 Å². The maximum absolute atomic E-state index is 12.2. The molecule has 0 bridgehead atoms. The van der Waals surface area contributed by atoms with Gasteiger partial charge in [-0.05, 0) is 52.4 Å². The molecule has 0 heterocycles. The highest BCUT2D eigenvalue weighted by Crippen LogP contribution is 2.31. The van der Waals surface area contributed by atoms with Crippen molar-refractivity contribution in [2.45, 2.75) is 31.1 Å². The third-order valence-electron chi connectivity index (χ3n) is 3.85. The van der Waals surface area contributed by atoms with Gasteiger partial charge in [-0.2, -0.15) is 0 Å². The van der Waals surface area contributed by atoms with Gasteiger partial charge in [-0.1, -0.05) is 19.8 Å². The highest BCUT2D eigenvalue weighted by Gasteiger charge is 2.25. The van der Waals surface area contributed by atoms with Gasteiger partial charge in [0.05, 0.1) is 4.90 Å². The molecular weight excluding hydrogens is 328 g/mol. The summed E-state index contributed by atoms with van der Waals surface area (Å²) < 4.78 is 27.8. The number of rotatable bonds is 4. The molecule has 1 aromatic rings. The van der Waals surface area contributed by atoms with Gasteiger partial charge in [-0.25, -0.2) is 13.1 Å². The van der Waals surface area contributed by atoms with Crippen LogP contribution in [0.2, 0.25) is 0 Å². The van der Waals surface area contributed by atoms with Gasteiger partial charge in [0.15, 0.2) is 0 Å². The lowest BCUT2D eigenvalue weighted by molar-refractivity contribution is 0.414. The summed E-state index contributed by atoms with van der Waals surface area (Å²) in [6, 6.07) is 4.69. The third kappa shape index (κ3) is 3.49. The summed E-state index contributed by atoms with van der Waals surface area (Å²) in [7, 11) is -3.46. The molecule has 1 aromatic carbocycles. The van der Waals surface area contributed by atoms with Crippen molar-refractivity contribution >= 4 is 31.6 Å². The molecule has 2 unspecified atom stereocenters. The van der Waals surface area contributed by atoms with Crippen molar-refractivity contribution in [3.8, 4) is 0 Å². The molecule has 0 aromatic heterocycles. The van der Waals surface area contributed by atoms with Crippen molar-refractivity contribution in [3.05, 3.63) is 22.7 Å². The van der Waals surface area contributed by atoms with E-state index in [1.165, 1.54) is 18.9 Å². The molecular formula is C13H19BrN2O2S. The van der Waals surface area contributed by atoms with Crippen LogP contribution in [0.1, 0.15) is 26.2 Å². The monoisotopic (exact) mass is 346 g/mol. The van der Waals surface area contributed by atoms with Gasteiger partial charge in [-0.15, -0.1) is 0 Å². The average molecular weight is 347 g/mol. The van der Waals surface area contributed by atoms with Gasteiger partial charge in [0.1, 0.15) is 0 Å². The smallest absolute Gasteiger partial charge is 0.240 e. The second kappa shape index (κ2) is 5.81. The van der Waals surface area contributed by atoms with Crippen LogP contribution in [0.3, 0.4) is 0 Å². The zero-order valence-corrected chi connectivity index (χ0v) is 13.3. The minimum absolute atomic E-state index is 0.221. The predicted molar refractivity (Wildman–Crippen MR) is 80.2 cm³/mol. The Hall–Kier alpha value is -0.590. The van der Waals surface area contributed by atoms with Crippen LogP contribution in [0, 0.1) is 11.8 Å². The Bertz CT molecular complexity index is 560. The van der Waals surface area contributed by atoms with E-state index in [4.69, 9.17) is 5.73 Å². The molecule has 19 heavy (non-hydrogen) atoms. The van der Waals surface area contributed by atoms with E-state index in [0.29, 0.717) is 28.5 Å². The van der Waals surface area contributed by atoms with Gasteiger partial charge in [0.2, 0.25) is 10.0 Å². The van der Waals surface area contributed by atoms with Crippen molar-refractivity contribution in [2.24, 2.45) is 11.8 Å². The van der Waals surface area contributed by atoms with E-state index in [1.807, 2.05) is 0 Å². The van der Waals surface area contributed by atoms with E-state index < -0.39 is 10.0 Å². The summed E-state index contributed by atoms with van der Waals surface area (Å²) in [5.74, 6) is 1.04. The molecule has 4 nitrogen and oxygen atoms in total. The predicted octanol–water partition coefficient (Wildman–Crippen LogP) is 2.75. The number of nitrogen functional groups attached to an aromatic ring is 1. The standard InChI is InChI=1S/C13H19BrN2O2S/c1-9-3-2-4-10(9)8-16-19(17,18)11-5-6-12(14)13(15)7-11/h5-7,9-10,16H,2-4,8,15H2,1H3. The number of nitrogens with two attached hydrogens (primary N) is 1. The number of hydrogen-bond donors (Lipinski definition) is 2. The molecule has 2 atom stereocenters. The molecule has 1 aliphatic carbocycles. The normalized spacial score (nSPS) is 23.7. The summed E-state index contributed by atoms with van der Waals surface area (Å²) in [5, 5.41) is 0. The Morgan fingerprint density at radius 3 is 2.74 bits per heavy atom. The fourth-order valence-corrected chi connectivity index (χ4v) is 3.89. The van der Waals surface area contributed by atoms with Crippen LogP contribution in [0.25, 0.3) is 0 Å². The Balaban J connectivity index is 2.07. The average Bonchev–Trinajstić information content (AvgIpc) is 2.76. The Morgan fingerprint density at radius 1 is 1.42 bits per heavy atom. The fourth-order valence-electron chi connectivity index (χ4n) is 2.51. The second-order valence-electron chi connectivity index (χ2n) is 5.20. The van der Waals surface area contributed by atoms with E-state index in [0.717, 1.165) is 6.42 Å². The first-order chi connectivity index (χ1) is 8.90. The highest BCUT2D eigenvalue weighted by atomic mass is 79.9. The summed E-state index contributed by atoms with van der Waals surface area (Å²) in [5.41, 5.74) is 6.15. The summed E-state index contributed by atoms with van der Waals surface area (Å²) >= 11 is 3.26. The van der Waals surface area contributed by atoms with Gasteiger partial charge in [0.25, 0.3) is 0 Å². The van der Waals surface area contributed by atoms with Crippen LogP contribution in [0.5, 0.6) is 0 Å². The minimum atomic E-state index is -3.46. The number of anilines is 1. The molecule has 106 valence electrons. The van der Waals surface area contributed by atoms with Crippen molar-refractivity contribution in [1.82, 2.24) is 4.72 Å². The zero-order valence-electron chi connectivity index (χ0n) is 10.9. The van der Waals surface area contributed by atoms with Crippen LogP contribution in [-0.2, 0) is 10.0 Å². The van der Waals surface area contributed by atoms with Crippen molar-refractivity contribution in [3.63, 3.8) is 0 Å². The van der Waals surface area contributed by atoms with Crippen molar-refractivity contribution < 1.29 is 8.42 Å². The molecule has 0 spiro atoms. The lowest BCUT2D eigenvalue weighted by Crippen LogP contribution is -2.30. The molecule has 1 aliphatic rings. The maximum atomic E-state index is 12.2. The van der Waals surface area contributed by atoms with Crippen LogP contribution < -0.4 is 10.5 Å². The Morgan fingerprint density at radius 2 is 2.16 bits per heavy atom. The number of halogens is 1. The first kappa shape index (κ1) is 14.8. The van der Waals surface area contributed by atoms with Crippen molar-refractivity contribution in [1.29, 1.82) is 0 Å². The molecule has 1 fully saturated rings. The number of hydrogen-bond acceptors (Lipinski definition) is 3. The van der Waals surface area contributed by atoms with Gasteiger partial charge in [-0.3, -0.25) is 0 Å². The molecule has 0 amide bonds. The summed E-state index contributed by atoms with van der Waals surface area (Å²) in [6.45, 7) is 2.70. The van der Waals surface area contributed by atoms with E-state index >= 15 is 0 Å². The maximum Gasteiger partial charge on any atom is 0.240 e. The van der Waals surface area contributed by atoms with Crippen molar-refractivity contribution in [2.75, 3.05) is 12.3 Å².